The zero-order chi connectivity index (χ0) is 12.1. The van der Waals surface area contributed by atoms with Crippen LogP contribution in [0.5, 0.6) is 0 Å². The number of aliphatic carboxylic acids is 1. The van der Waals surface area contributed by atoms with E-state index in [0.717, 1.165) is 10.6 Å². The van der Waals surface area contributed by atoms with Gasteiger partial charge in [0.2, 0.25) is 0 Å². The fourth-order valence-corrected chi connectivity index (χ4v) is 3.20. The summed E-state index contributed by atoms with van der Waals surface area (Å²) in [6.07, 6.45) is 0. The van der Waals surface area contributed by atoms with Gasteiger partial charge in [-0.2, -0.15) is 0 Å². The lowest BCUT2D eigenvalue weighted by Gasteiger charge is -2.07. The number of carboxylic acids is 1. The van der Waals surface area contributed by atoms with Crippen molar-refractivity contribution in [3.05, 3.63) is 22.2 Å². The smallest absolute Gasteiger partial charge is 0.313 e. The van der Waals surface area contributed by atoms with Crippen LogP contribution in [0.15, 0.2) is 21.9 Å². The lowest BCUT2D eigenvalue weighted by atomic mass is 10.3. The number of halogens is 2. The lowest BCUT2D eigenvalue weighted by molar-refractivity contribution is -0.133. The van der Waals surface area contributed by atoms with Crippen LogP contribution in [0.25, 0.3) is 0 Å². The summed E-state index contributed by atoms with van der Waals surface area (Å²) in [4.78, 5) is 12.1. The molecule has 0 saturated carbocycles. The molecule has 0 spiro atoms. The van der Waals surface area contributed by atoms with Crippen LogP contribution < -0.4 is 0 Å². The van der Waals surface area contributed by atoms with E-state index in [1.54, 1.807) is 23.9 Å². The molecule has 0 aliphatic heterocycles. The first-order valence-corrected chi connectivity index (χ1v) is 7.23. The van der Waals surface area contributed by atoms with E-state index in [-0.39, 0.29) is 5.75 Å². The second-order valence-corrected chi connectivity index (χ2v) is 5.97. The quantitative estimate of drug-likeness (QED) is 0.823. The second kappa shape index (κ2) is 6.64. The maximum absolute atomic E-state index is 10.4. The summed E-state index contributed by atoms with van der Waals surface area (Å²) in [5, 5.41) is 9.74. The number of benzene rings is 1. The molecular formula is C10H10Cl2O2S2. The van der Waals surface area contributed by atoms with Crippen LogP contribution in [0.1, 0.15) is 6.92 Å². The van der Waals surface area contributed by atoms with Crippen molar-refractivity contribution in [2.75, 3.05) is 11.5 Å². The molecule has 0 heterocycles. The van der Waals surface area contributed by atoms with Gasteiger partial charge < -0.3 is 5.11 Å². The average Bonchev–Trinajstić information content (AvgIpc) is 2.21. The molecule has 1 rings (SSSR count). The Hall–Kier alpha value is -0.0300. The van der Waals surface area contributed by atoms with E-state index in [1.165, 1.54) is 11.8 Å². The van der Waals surface area contributed by atoms with E-state index >= 15 is 0 Å². The van der Waals surface area contributed by atoms with Crippen LogP contribution in [0.3, 0.4) is 0 Å². The lowest BCUT2D eigenvalue weighted by Crippen LogP contribution is -1.97. The van der Waals surface area contributed by atoms with Crippen molar-refractivity contribution in [1.29, 1.82) is 0 Å². The predicted octanol–water partition coefficient (Wildman–Crippen LogP) is 4.28. The first kappa shape index (κ1) is 14.0. The van der Waals surface area contributed by atoms with Crippen LogP contribution in [-0.2, 0) is 4.79 Å². The molecule has 2 nitrogen and oxygen atoms in total. The van der Waals surface area contributed by atoms with E-state index < -0.39 is 5.97 Å². The minimum absolute atomic E-state index is 0.0175. The van der Waals surface area contributed by atoms with Crippen molar-refractivity contribution in [1.82, 2.24) is 0 Å². The Morgan fingerprint density at radius 3 is 2.19 bits per heavy atom. The molecule has 1 aromatic rings. The summed E-state index contributed by atoms with van der Waals surface area (Å²) in [5.74, 6) is 0.0257. The van der Waals surface area contributed by atoms with Gasteiger partial charge in [-0.15, -0.1) is 23.5 Å². The Balaban J connectivity index is 2.87. The van der Waals surface area contributed by atoms with Gasteiger partial charge in [0.15, 0.2) is 0 Å². The second-order valence-electron chi connectivity index (χ2n) is 2.83. The zero-order valence-corrected chi connectivity index (χ0v) is 11.6. The molecule has 1 N–H and O–H groups in total. The molecule has 0 saturated heterocycles. The van der Waals surface area contributed by atoms with Crippen molar-refractivity contribution < 1.29 is 9.90 Å². The van der Waals surface area contributed by atoms with E-state index in [2.05, 4.69) is 0 Å². The van der Waals surface area contributed by atoms with Gasteiger partial charge in [-0.05, 0) is 17.9 Å². The van der Waals surface area contributed by atoms with Crippen LogP contribution in [0.2, 0.25) is 10.0 Å². The van der Waals surface area contributed by atoms with Crippen molar-refractivity contribution in [2.45, 2.75) is 16.7 Å². The first-order valence-electron chi connectivity index (χ1n) is 4.51. The molecule has 0 radical (unpaired) electrons. The summed E-state index contributed by atoms with van der Waals surface area (Å²) in [6, 6.07) is 3.50. The summed E-state index contributed by atoms with van der Waals surface area (Å²) in [6.45, 7) is 2.03. The fraction of sp³-hybridized carbons (Fsp3) is 0.300. The maximum Gasteiger partial charge on any atom is 0.313 e. The van der Waals surface area contributed by atoms with Crippen molar-refractivity contribution >= 4 is 52.7 Å². The molecule has 0 unspecified atom stereocenters. The molecule has 0 aliphatic carbocycles. The molecule has 0 aliphatic rings. The van der Waals surface area contributed by atoms with Gasteiger partial charge in [-0.25, -0.2) is 0 Å². The Morgan fingerprint density at radius 1 is 1.25 bits per heavy atom. The van der Waals surface area contributed by atoms with E-state index in [1.807, 2.05) is 6.92 Å². The highest BCUT2D eigenvalue weighted by molar-refractivity contribution is 8.00. The largest absolute Gasteiger partial charge is 0.481 e. The minimum Gasteiger partial charge on any atom is -0.481 e. The number of carboxylic acid groups (broad SMARTS) is 1. The number of rotatable bonds is 5. The molecule has 0 atom stereocenters. The highest BCUT2D eigenvalue weighted by Crippen LogP contribution is 2.36. The Labute approximate surface area is 113 Å². The molecule has 1 aromatic carbocycles. The van der Waals surface area contributed by atoms with Crippen LogP contribution in [0, 0.1) is 0 Å². The third-order valence-electron chi connectivity index (χ3n) is 1.64. The van der Waals surface area contributed by atoms with Crippen LogP contribution in [0.4, 0.5) is 0 Å². The molecule has 16 heavy (non-hydrogen) atoms. The summed E-state index contributed by atoms with van der Waals surface area (Å²) < 4.78 is 0. The standard InChI is InChI=1S/C10H10Cl2O2S2/c1-2-15-8-3-7(12)9(4-6(8)11)16-5-10(13)14/h3-4H,2,5H2,1H3,(H,13,14). The molecule has 6 heteroatoms. The molecule has 88 valence electrons. The van der Waals surface area contributed by atoms with Crippen LogP contribution >= 0.6 is 46.7 Å². The summed E-state index contributed by atoms with van der Waals surface area (Å²) >= 11 is 14.9. The number of carbonyl (C=O) groups is 1. The maximum atomic E-state index is 10.4. The van der Waals surface area contributed by atoms with Gasteiger partial charge in [0, 0.05) is 9.79 Å². The fourth-order valence-electron chi connectivity index (χ4n) is 1.03. The minimum atomic E-state index is -0.871. The number of hydrogen-bond donors (Lipinski definition) is 1. The molecule has 0 amide bonds. The van der Waals surface area contributed by atoms with E-state index in [0.29, 0.717) is 14.9 Å². The van der Waals surface area contributed by atoms with Crippen molar-refractivity contribution in [3.63, 3.8) is 0 Å². The molecular weight excluding hydrogens is 287 g/mol. The Morgan fingerprint density at radius 2 is 1.75 bits per heavy atom. The average molecular weight is 297 g/mol. The highest BCUT2D eigenvalue weighted by atomic mass is 35.5. The SMILES string of the molecule is CCSc1cc(Cl)c(SCC(=O)O)cc1Cl. The topological polar surface area (TPSA) is 37.3 Å². The first-order chi connectivity index (χ1) is 7.54. The normalized spacial score (nSPS) is 10.4. The van der Waals surface area contributed by atoms with Gasteiger partial charge in [0.05, 0.1) is 15.8 Å². The van der Waals surface area contributed by atoms with E-state index in [9.17, 15) is 4.79 Å². The molecule has 0 fully saturated rings. The molecule has 0 aromatic heterocycles. The predicted molar refractivity (Wildman–Crippen MR) is 71.2 cm³/mol. The summed E-state index contributed by atoms with van der Waals surface area (Å²) in [5.41, 5.74) is 0. The summed E-state index contributed by atoms with van der Waals surface area (Å²) in [7, 11) is 0. The zero-order valence-electron chi connectivity index (χ0n) is 8.50. The van der Waals surface area contributed by atoms with E-state index in [4.69, 9.17) is 28.3 Å². The van der Waals surface area contributed by atoms with Gasteiger partial charge in [-0.1, -0.05) is 30.1 Å². The Bertz CT molecular complexity index is 397. The monoisotopic (exact) mass is 296 g/mol. The highest BCUT2D eigenvalue weighted by Gasteiger charge is 2.09. The third kappa shape index (κ3) is 4.09. The van der Waals surface area contributed by atoms with Crippen molar-refractivity contribution in [3.8, 4) is 0 Å². The Kier molecular flexibility index (Phi) is 5.83. The number of thioether (sulfide) groups is 2. The molecule has 0 bridgehead atoms. The van der Waals surface area contributed by atoms with Crippen LogP contribution in [-0.4, -0.2) is 22.6 Å². The van der Waals surface area contributed by atoms with Gasteiger partial charge >= 0.3 is 5.97 Å². The van der Waals surface area contributed by atoms with Gasteiger partial charge in [0.25, 0.3) is 0 Å². The number of hydrogen-bond acceptors (Lipinski definition) is 3. The van der Waals surface area contributed by atoms with Gasteiger partial charge in [0.1, 0.15) is 0 Å². The third-order valence-corrected chi connectivity index (χ3v) is 4.46. The van der Waals surface area contributed by atoms with Crippen molar-refractivity contribution in [2.24, 2.45) is 0 Å². The van der Waals surface area contributed by atoms with Gasteiger partial charge in [-0.3, -0.25) is 4.79 Å².